The molecule has 1 aliphatic rings. The molecule has 0 amide bonds. The van der Waals surface area contributed by atoms with Crippen LogP contribution in [0.3, 0.4) is 0 Å². The summed E-state index contributed by atoms with van der Waals surface area (Å²) in [6.45, 7) is 0.155. The monoisotopic (exact) mass is 208 g/mol. The van der Waals surface area contributed by atoms with E-state index in [1.807, 2.05) is 0 Å². The van der Waals surface area contributed by atoms with Crippen LogP contribution in [0.15, 0.2) is 0 Å². The molecule has 78 valence electrons. The topological polar surface area (TPSA) is 52.6 Å². The number of ether oxygens (including phenoxy) is 1. The first-order chi connectivity index (χ1) is 5.97. The molecule has 0 aromatic heterocycles. The van der Waals surface area contributed by atoms with Gasteiger partial charge in [0, 0.05) is 7.11 Å². The first-order valence-electron chi connectivity index (χ1n) is 4.37. The van der Waals surface area contributed by atoms with Crippen molar-refractivity contribution in [3.8, 4) is 0 Å². The molecule has 0 unspecified atom stereocenters. The fraction of sp³-hybridized carbons (Fsp3) is 1.00. The maximum absolute atomic E-state index is 10.8. The molecular weight excluding hydrogens is 192 g/mol. The van der Waals surface area contributed by atoms with Crippen molar-refractivity contribution in [2.45, 2.75) is 31.3 Å². The zero-order chi connectivity index (χ0) is 9.95. The van der Waals surface area contributed by atoms with E-state index in [1.54, 1.807) is 7.11 Å². The zero-order valence-corrected chi connectivity index (χ0v) is 8.89. The fourth-order valence-electron chi connectivity index (χ4n) is 1.64. The molecule has 0 aromatic rings. The third-order valence-electron chi connectivity index (χ3n) is 2.48. The molecule has 0 N–H and O–H groups in total. The molecule has 0 heterocycles. The molecule has 0 bridgehead atoms. The molecule has 1 rings (SSSR count). The summed E-state index contributed by atoms with van der Waals surface area (Å²) in [7, 11) is -1.73. The van der Waals surface area contributed by atoms with Crippen LogP contribution in [0.4, 0.5) is 0 Å². The molecule has 1 fully saturated rings. The minimum atomic E-state index is -3.34. The van der Waals surface area contributed by atoms with Crippen LogP contribution in [-0.2, 0) is 19.0 Å². The van der Waals surface area contributed by atoms with Gasteiger partial charge in [-0.3, -0.25) is 4.18 Å². The second kappa shape index (κ2) is 3.94. The van der Waals surface area contributed by atoms with Crippen molar-refractivity contribution in [2.24, 2.45) is 0 Å². The third kappa shape index (κ3) is 3.25. The van der Waals surface area contributed by atoms with Gasteiger partial charge in [0.15, 0.2) is 0 Å². The summed E-state index contributed by atoms with van der Waals surface area (Å²) in [6.07, 6.45) is 5.01. The van der Waals surface area contributed by atoms with E-state index in [-0.39, 0.29) is 12.2 Å². The predicted octanol–water partition coefficient (Wildman–Crippen LogP) is 0.922. The minimum Gasteiger partial charge on any atom is -0.376 e. The molecule has 0 saturated heterocycles. The van der Waals surface area contributed by atoms with Crippen LogP contribution in [0.25, 0.3) is 0 Å². The van der Waals surface area contributed by atoms with Gasteiger partial charge in [-0.2, -0.15) is 8.42 Å². The fourth-order valence-corrected chi connectivity index (χ4v) is 2.07. The lowest BCUT2D eigenvalue weighted by molar-refractivity contribution is -0.0368. The number of rotatable bonds is 4. The van der Waals surface area contributed by atoms with Crippen molar-refractivity contribution in [2.75, 3.05) is 20.0 Å². The van der Waals surface area contributed by atoms with Crippen LogP contribution >= 0.6 is 0 Å². The van der Waals surface area contributed by atoms with Crippen LogP contribution < -0.4 is 0 Å². The van der Waals surface area contributed by atoms with Crippen LogP contribution in [0.2, 0.25) is 0 Å². The Hall–Kier alpha value is -0.130. The lowest BCUT2D eigenvalue weighted by Crippen LogP contribution is -2.34. The third-order valence-corrected chi connectivity index (χ3v) is 3.03. The zero-order valence-electron chi connectivity index (χ0n) is 8.08. The summed E-state index contributed by atoms with van der Waals surface area (Å²) in [5.41, 5.74) is -0.358. The smallest absolute Gasteiger partial charge is 0.264 e. The Labute approximate surface area is 79.3 Å². The van der Waals surface area contributed by atoms with Crippen LogP contribution in [0, 0.1) is 0 Å². The lowest BCUT2D eigenvalue weighted by Gasteiger charge is -2.26. The normalized spacial score (nSPS) is 22.0. The van der Waals surface area contributed by atoms with Crippen LogP contribution in [-0.4, -0.2) is 34.0 Å². The average molecular weight is 208 g/mol. The van der Waals surface area contributed by atoms with Gasteiger partial charge < -0.3 is 4.74 Å². The predicted molar refractivity (Wildman–Crippen MR) is 49.0 cm³/mol. The van der Waals surface area contributed by atoms with Crippen molar-refractivity contribution in [1.82, 2.24) is 0 Å². The largest absolute Gasteiger partial charge is 0.376 e. The lowest BCUT2D eigenvalue weighted by atomic mass is 10.0. The highest BCUT2D eigenvalue weighted by molar-refractivity contribution is 7.85. The highest BCUT2D eigenvalue weighted by Crippen LogP contribution is 2.33. The second-order valence-electron chi connectivity index (χ2n) is 3.56. The summed E-state index contributed by atoms with van der Waals surface area (Å²) >= 11 is 0. The van der Waals surface area contributed by atoms with Gasteiger partial charge in [0.05, 0.1) is 18.5 Å². The Kier molecular flexibility index (Phi) is 3.32. The van der Waals surface area contributed by atoms with Crippen molar-refractivity contribution in [3.05, 3.63) is 0 Å². The van der Waals surface area contributed by atoms with E-state index in [0.29, 0.717) is 0 Å². The van der Waals surface area contributed by atoms with Gasteiger partial charge in [0.25, 0.3) is 10.1 Å². The van der Waals surface area contributed by atoms with Crippen molar-refractivity contribution in [3.63, 3.8) is 0 Å². The van der Waals surface area contributed by atoms with E-state index in [4.69, 9.17) is 8.92 Å². The molecule has 0 aliphatic heterocycles. The number of hydrogen-bond acceptors (Lipinski definition) is 4. The van der Waals surface area contributed by atoms with Gasteiger partial charge >= 0.3 is 0 Å². The second-order valence-corrected chi connectivity index (χ2v) is 5.20. The van der Waals surface area contributed by atoms with E-state index in [0.717, 1.165) is 31.9 Å². The summed E-state index contributed by atoms with van der Waals surface area (Å²) in [5.74, 6) is 0. The summed E-state index contributed by atoms with van der Waals surface area (Å²) in [4.78, 5) is 0. The van der Waals surface area contributed by atoms with Crippen molar-refractivity contribution in [1.29, 1.82) is 0 Å². The molecule has 0 atom stereocenters. The highest BCUT2D eigenvalue weighted by Gasteiger charge is 2.35. The van der Waals surface area contributed by atoms with E-state index in [2.05, 4.69) is 0 Å². The molecule has 0 spiro atoms. The van der Waals surface area contributed by atoms with Gasteiger partial charge in [-0.1, -0.05) is 12.8 Å². The maximum atomic E-state index is 10.8. The van der Waals surface area contributed by atoms with Crippen LogP contribution in [0.1, 0.15) is 25.7 Å². The molecular formula is C8H16O4S. The SMILES string of the molecule is COC1(COS(C)(=O)=O)CCCC1. The highest BCUT2D eigenvalue weighted by atomic mass is 32.2. The first kappa shape index (κ1) is 10.9. The quantitative estimate of drug-likeness (QED) is 0.645. The Bertz CT molecular complexity index is 251. The standard InChI is InChI=1S/C8H16O4S/c1-11-8(5-3-4-6-8)7-12-13(2,9)10/h3-7H2,1-2H3. The summed E-state index contributed by atoms with van der Waals surface area (Å²) < 4.78 is 31.6. The van der Waals surface area contributed by atoms with E-state index >= 15 is 0 Å². The summed E-state index contributed by atoms with van der Waals surface area (Å²) in [6, 6.07) is 0. The Morgan fingerprint density at radius 3 is 2.23 bits per heavy atom. The molecule has 1 aliphatic carbocycles. The Morgan fingerprint density at radius 1 is 1.31 bits per heavy atom. The Balaban J connectivity index is 2.50. The van der Waals surface area contributed by atoms with E-state index < -0.39 is 10.1 Å². The van der Waals surface area contributed by atoms with Gasteiger partial charge in [0.1, 0.15) is 0 Å². The number of hydrogen-bond donors (Lipinski definition) is 0. The van der Waals surface area contributed by atoms with Crippen LogP contribution in [0.5, 0.6) is 0 Å². The van der Waals surface area contributed by atoms with E-state index in [1.165, 1.54) is 0 Å². The van der Waals surface area contributed by atoms with Crippen molar-refractivity contribution >= 4 is 10.1 Å². The first-order valence-corrected chi connectivity index (χ1v) is 6.19. The molecule has 1 saturated carbocycles. The van der Waals surface area contributed by atoms with Gasteiger partial charge in [-0.05, 0) is 12.8 Å². The van der Waals surface area contributed by atoms with Gasteiger partial charge in [-0.15, -0.1) is 0 Å². The van der Waals surface area contributed by atoms with Crippen molar-refractivity contribution < 1.29 is 17.3 Å². The number of methoxy groups -OCH3 is 1. The molecule has 5 heteroatoms. The van der Waals surface area contributed by atoms with Gasteiger partial charge in [-0.25, -0.2) is 0 Å². The molecule has 4 nitrogen and oxygen atoms in total. The summed E-state index contributed by atoms with van der Waals surface area (Å²) in [5, 5.41) is 0. The molecule has 13 heavy (non-hydrogen) atoms. The maximum Gasteiger partial charge on any atom is 0.264 e. The van der Waals surface area contributed by atoms with Gasteiger partial charge in [0.2, 0.25) is 0 Å². The molecule has 0 radical (unpaired) electrons. The minimum absolute atomic E-state index is 0.155. The average Bonchev–Trinajstić information content (AvgIpc) is 2.49. The Morgan fingerprint density at radius 2 is 1.85 bits per heavy atom. The molecule has 0 aromatic carbocycles. The van der Waals surface area contributed by atoms with E-state index in [9.17, 15) is 8.42 Å².